The van der Waals surface area contributed by atoms with Crippen molar-refractivity contribution in [1.82, 2.24) is 5.32 Å². The smallest absolute Gasteiger partial charge is 0.272 e. The van der Waals surface area contributed by atoms with Crippen LogP contribution in [0.1, 0.15) is 32.1 Å². The standard InChI is InChI=1S/C15H20FN3O2/c1-17-10-7-11-3-2-4-12(8-10)18(11)15-6-5-13(19(20)21)9-14(15)16/h5-6,9-12,17H,2-4,7-8H2,1H3. The first-order valence-corrected chi connectivity index (χ1v) is 7.49. The van der Waals surface area contributed by atoms with E-state index in [0.29, 0.717) is 23.8 Å². The number of rotatable bonds is 3. The van der Waals surface area contributed by atoms with Gasteiger partial charge in [0.25, 0.3) is 5.69 Å². The van der Waals surface area contributed by atoms with Crippen LogP contribution in [0.5, 0.6) is 0 Å². The van der Waals surface area contributed by atoms with E-state index in [4.69, 9.17) is 0 Å². The molecule has 2 fully saturated rings. The topological polar surface area (TPSA) is 58.4 Å². The minimum Gasteiger partial charge on any atom is -0.363 e. The summed E-state index contributed by atoms with van der Waals surface area (Å²) in [6.45, 7) is 0. The van der Waals surface area contributed by atoms with Crippen LogP contribution in [0.3, 0.4) is 0 Å². The molecule has 2 bridgehead atoms. The Hall–Kier alpha value is -1.69. The molecule has 0 radical (unpaired) electrons. The van der Waals surface area contributed by atoms with Gasteiger partial charge in [-0.2, -0.15) is 0 Å². The number of benzene rings is 1. The number of fused-ring (bicyclic) bond motifs is 2. The monoisotopic (exact) mass is 293 g/mol. The molecule has 6 heteroatoms. The molecule has 21 heavy (non-hydrogen) atoms. The number of anilines is 1. The third kappa shape index (κ3) is 2.60. The molecule has 2 saturated heterocycles. The van der Waals surface area contributed by atoms with Gasteiger partial charge in [0.15, 0.2) is 5.82 Å². The highest BCUT2D eigenvalue weighted by Crippen LogP contribution is 2.39. The summed E-state index contributed by atoms with van der Waals surface area (Å²) in [7, 11) is 1.97. The highest BCUT2D eigenvalue weighted by molar-refractivity contribution is 5.54. The lowest BCUT2D eigenvalue weighted by Gasteiger charge is -2.50. The highest BCUT2D eigenvalue weighted by Gasteiger charge is 2.39. The van der Waals surface area contributed by atoms with E-state index in [-0.39, 0.29) is 5.69 Å². The molecule has 1 aromatic rings. The summed E-state index contributed by atoms with van der Waals surface area (Å²) < 4.78 is 14.3. The fourth-order valence-corrected chi connectivity index (χ4v) is 3.83. The average molecular weight is 293 g/mol. The number of nitrogens with one attached hydrogen (secondary N) is 1. The second-order valence-electron chi connectivity index (χ2n) is 6.00. The molecule has 3 rings (SSSR count). The van der Waals surface area contributed by atoms with Crippen LogP contribution >= 0.6 is 0 Å². The maximum Gasteiger partial charge on any atom is 0.272 e. The minimum absolute atomic E-state index is 0.188. The van der Waals surface area contributed by atoms with Gasteiger partial charge in [0.1, 0.15) is 0 Å². The molecular weight excluding hydrogens is 273 g/mol. The highest BCUT2D eigenvalue weighted by atomic mass is 19.1. The van der Waals surface area contributed by atoms with Crippen molar-refractivity contribution in [2.24, 2.45) is 0 Å². The van der Waals surface area contributed by atoms with Gasteiger partial charge in [0.05, 0.1) is 16.7 Å². The Balaban J connectivity index is 1.91. The summed E-state index contributed by atoms with van der Waals surface area (Å²) in [6.07, 6.45) is 5.31. The van der Waals surface area contributed by atoms with E-state index < -0.39 is 10.7 Å². The van der Waals surface area contributed by atoms with Gasteiger partial charge in [0, 0.05) is 24.2 Å². The van der Waals surface area contributed by atoms with Gasteiger partial charge >= 0.3 is 0 Å². The normalized spacial score (nSPS) is 28.5. The van der Waals surface area contributed by atoms with E-state index in [2.05, 4.69) is 10.2 Å². The molecular formula is C15H20FN3O2. The number of piperidine rings is 2. The van der Waals surface area contributed by atoms with E-state index >= 15 is 0 Å². The maximum absolute atomic E-state index is 14.3. The van der Waals surface area contributed by atoms with Crippen molar-refractivity contribution in [2.45, 2.75) is 50.2 Å². The summed E-state index contributed by atoms with van der Waals surface area (Å²) in [5, 5.41) is 14.1. The first kappa shape index (κ1) is 14.3. The van der Waals surface area contributed by atoms with Crippen LogP contribution < -0.4 is 10.2 Å². The molecule has 0 aliphatic carbocycles. The Morgan fingerprint density at radius 3 is 2.52 bits per heavy atom. The number of nitro groups is 1. The van der Waals surface area contributed by atoms with Crippen molar-refractivity contribution in [2.75, 3.05) is 11.9 Å². The number of hydrogen-bond acceptors (Lipinski definition) is 4. The fraction of sp³-hybridized carbons (Fsp3) is 0.600. The minimum atomic E-state index is -0.555. The predicted molar refractivity (Wildman–Crippen MR) is 79.0 cm³/mol. The predicted octanol–water partition coefficient (Wildman–Crippen LogP) is 2.84. The summed E-state index contributed by atoms with van der Waals surface area (Å²) in [5.41, 5.74) is 0.330. The summed E-state index contributed by atoms with van der Waals surface area (Å²) in [4.78, 5) is 12.3. The van der Waals surface area contributed by atoms with Crippen LogP contribution in [0.4, 0.5) is 15.8 Å². The Morgan fingerprint density at radius 2 is 2.00 bits per heavy atom. The molecule has 0 aromatic heterocycles. The molecule has 0 spiro atoms. The third-order valence-corrected chi connectivity index (χ3v) is 4.80. The molecule has 1 aromatic carbocycles. The van der Waals surface area contributed by atoms with Crippen LogP contribution in [0, 0.1) is 15.9 Å². The Kier molecular flexibility index (Phi) is 3.80. The van der Waals surface area contributed by atoms with Crippen molar-refractivity contribution in [3.05, 3.63) is 34.1 Å². The molecule has 2 atom stereocenters. The summed E-state index contributed by atoms with van der Waals surface area (Å²) in [5.74, 6) is -0.482. The number of nitrogens with zero attached hydrogens (tertiary/aromatic N) is 2. The molecule has 2 heterocycles. The van der Waals surface area contributed by atoms with Gasteiger partial charge in [0.2, 0.25) is 0 Å². The van der Waals surface area contributed by atoms with Gasteiger partial charge < -0.3 is 10.2 Å². The summed E-state index contributed by atoms with van der Waals surface area (Å²) in [6, 6.07) is 5.14. The van der Waals surface area contributed by atoms with E-state index in [9.17, 15) is 14.5 Å². The van der Waals surface area contributed by atoms with Gasteiger partial charge in [-0.05, 0) is 45.2 Å². The molecule has 2 aliphatic heterocycles. The van der Waals surface area contributed by atoms with E-state index in [1.807, 2.05) is 7.05 Å². The third-order valence-electron chi connectivity index (χ3n) is 4.80. The van der Waals surface area contributed by atoms with Gasteiger partial charge in [-0.25, -0.2) is 4.39 Å². The van der Waals surface area contributed by atoms with Crippen LogP contribution in [0.25, 0.3) is 0 Å². The lowest BCUT2D eigenvalue weighted by Crippen LogP contribution is -2.56. The molecule has 2 aliphatic rings. The number of non-ortho nitro benzene ring substituents is 1. The van der Waals surface area contributed by atoms with Crippen LogP contribution in [-0.2, 0) is 0 Å². The van der Waals surface area contributed by atoms with Crippen LogP contribution in [0.2, 0.25) is 0 Å². The lowest BCUT2D eigenvalue weighted by atomic mass is 9.81. The number of halogens is 1. The quantitative estimate of drug-likeness (QED) is 0.687. The largest absolute Gasteiger partial charge is 0.363 e. The molecule has 5 nitrogen and oxygen atoms in total. The number of nitro benzene ring substituents is 1. The van der Waals surface area contributed by atoms with Gasteiger partial charge in [-0.15, -0.1) is 0 Å². The Bertz CT molecular complexity index is 538. The molecule has 114 valence electrons. The second-order valence-corrected chi connectivity index (χ2v) is 6.00. The van der Waals surface area contributed by atoms with Crippen molar-refractivity contribution in [1.29, 1.82) is 0 Å². The molecule has 0 saturated carbocycles. The first-order valence-electron chi connectivity index (χ1n) is 7.49. The van der Waals surface area contributed by atoms with Crippen molar-refractivity contribution < 1.29 is 9.31 Å². The molecule has 1 N–H and O–H groups in total. The van der Waals surface area contributed by atoms with E-state index in [1.54, 1.807) is 6.07 Å². The van der Waals surface area contributed by atoms with Crippen LogP contribution in [-0.4, -0.2) is 30.1 Å². The Labute approximate surface area is 123 Å². The van der Waals surface area contributed by atoms with Crippen molar-refractivity contribution in [3.63, 3.8) is 0 Å². The van der Waals surface area contributed by atoms with E-state index in [1.165, 1.54) is 12.5 Å². The fourth-order valence-electron chi connectivity index (χ4n) is 3.83. The molecule has 2 unspecified atom stereocenters. The zero-order valence-corrected chi connectivity index (χ0v) is 12.1. The number of hydrogen-bond donors (Lipinski definition) is 1. The average Bonchev–Trinajstić information content (AvgIpc) is 2.45. The zero-order valence-electron chi connectivity index (χ0n) is 12.1. The SMILES string of the molecule is CNC1CC2CCCC(C1)N2c1ccc([N+](=O)[O-])cc1F. The second kappa shape index (κ2) is 5.60. The van der Waals surface area contributed by atoms with Crippen molar-refractivity contribution in [3.8, 4) is 0 Å². The zero-order chi connectivity index (χ0) is 15.0. The molecule has 0 amide bonds. The van der Waals surface area contributed by atoms with Gasteiger partial charge in [-0.3, -0.25) is 10.1 Å². The van der Waals surface area contributed by atoms with Crippen LogP contribution in [0.15, 0.2) is 18.2 Å². The van der Waals surface area contributed by atoms with Crippen molar-refractivity contribution >= 4 is 11.4 Å². The van der Waals surface area contributed by atoms with Gasteiger partial charge in [-0.1, -0.05) is 0 Å². The van der Waals surface area contributed by atoms with E-state index in [0.717, 1.165) is 31.7 Å². The maximum atomic E-state index is 14.3. The lowest BCUT2D eigenvalue weighted by molar-refractivity contribution is -0.385. The Morgan fingerprint density at radius 1 is 1.33 bits per heavy atom. The first-order chi connectivity index (χ1) is 10.1. The summed E-state index contributed by atoms with van der Waals surface area (Å²) >= 11 is 0.